The Hall–Kier alpha value is -2.37. The van der Waals surface area contributed by atoms with Gasteiger partial charge in [-0.2, -0.15) is 4.98 Å². The number of aromatic nitrogens is 2. The summed E-state index contributed by atoms with van der Waals surface area (Å²) >= 11 is 0. The molecule has 0 saturated carbocycles. The lowest BCUT2D eigenvalue weighted by atomic mass is 10.1. The van der Waals surface area contributed by atoms with Crippen LogP contribution in [0, 0.1) is 6.92 Å². The fraction of sp³-hybridized carbons (Fsp3) is 0.400. The van der Waals surface area contributed by atoms with E-state index >= 15 is 0 Å². The molecule has 0 atom stereocenters. The van der Waals surface area contributed by atoms with Crippen LogP contribution in [0.5, 0.6) is 0 Å². The zero-order valence-corrected chi connectivity index (χ0v) is 12.6. The van der Waals surface area contributed by atoms with Crippen LogP contribution in [0.25, 0.3) is 11.4 Å². The molecule has 2 amide bonds. The van der Waals surface area contributed by atoms with Crippen LogP contribution in [-0.2, 0) is 6.54 Å². The third-order valence-electron chi connectivity index (χ3n) is 2.99. The summed E-state index contributed by atoms with van der Waals surface area (Å²) in [6.07, 6.45) is 0.900. The third kappa shape index (κ3) is 4.05. The standard InChI is InChI=1S/C15H20N4O2/c1-4-8-16-15(20)19(3)10-13-17-14(18-21-13)12-7-5-6-11(2)9-12/h5-7,9H,4,8,10H2,1-3H3,(H,16,20). The molecular formula is C15H20N4O2. The summed E-state index contributed by atoms with van der Waals surface area (Å²) in [7, 11) is 1.70. The van der Waals surface area contributed by atoms with Crippen LogP contribution in [0.2, 0.25) is 0 Å². The van der Waals surface area contributed by atoms with Crippen molar-refractivity contribution < 1.29 is 9.32 Å². The Morgan fingerprint density at radius 2 is 2.24 bits per heavy atom. The lowest BCUT2D eigenvalue weighted by Gasteiger charge is -2.15. The molecule has 21 heavy (non-hydrogen) atoms. The van der Waals surface area contributed by atoms with E-state index in [1.807, 2.05) is 38.1 Å². The van der Waals surface area contributed by atoms with Gasteiger partial charge in [0, 0.05) is 19.2 Å². The first-order valence-electron chi connectivity index (χ1n) is 6.98. The fourth-order valence-corrected chi connectivity index (χ4v) is 1.86. The van der Waals surface area contributed by atoms with Gasteiger partial charge in [-0.3, -0.25) is 0 Å². The van der Waals surface area contributed by atoms with Gasteiger partial charge in [0.2, 0.25) is 11.7 Å². The summed E-state index contributed by atoms with van der Waals surface area (Å²) in [6.45, 7) is 4.96. The van der Waals surface area contributed by atoms with Crippen LogP contribution in [0.4, 0.5) is 4.79 Å². The zero-order valence-electron chi connectivity index (χ0n) is 12.6. The quantitative estimate of drug-likeness (QED) is 0.918. The number of carbonyl (C=O) groups is 1. The maximum Gasteiger partial charge on any atom is 0.317 e. The van der Waals surface area contributed by atoms with Crippen molar-refractivity contribution in [1.82, 2.24) is 20.4 Å². The summed E-state index contributed by atoms with van der Waals surface area (Å²) in [6, 6.07) is 7.74. The van der Waals surface area contributed by atoms with E-state index in [1.165, 1.54) is 4.90 Å². The predicted octanol–water partition coefficient (Wildman–Crippen LogP) is 2.60. The van der Waals surface area contributed by atoms with E-state index in [4.69, 9.17) is 4.52 Å². The van der Waals surface area contributed by atoms with E-state index in [1.54, 1.807) is 7.05 Å². The Bertz CT molecular complexity index is 609. The molecule has 0 bridgehead atoms. The number of rotatable bonds is 5. The van der Waals surface area contributed by atoms with Gasteiger partial charge in [-0.05, 0) is 19.4 Å². The van der Waals surface area contributed by atoms with Crippen LogP contribution >= 0.6 is 0 Å². The molecule has 0 fully saturated rings. The van der Waals surface area contributed by atoms with Crippen molar-refractivity contribution in [2.75, 3.05) is 13.6 Å². The Kier molecular flexibility index (Phi) is 4.92. The van der Waals surface area contributed by atoms with Gasteiger partial charge in [0.1, 0.15) is 6.54 Å². The van der Waals surface area contributed by atoms with Crippen LogP contribution in [0.3, 0.4) is 0 Å². The summed E-state index contributed by atoms with van der Waals surface area (Å²) in [5.74, 6) is 0.955. The zero-order chi connectivity index (χ0) is 15.2. The molecule has 0 aliphatic heterocycles. The lowest BCUT2D eigenvalue weighted by molar-refractivity contribution is 0.199. The largest absolute Gasteiger partial charge is 0.338 e. The van der Waals surface area contributed by atoms with Crippen molar-refractivity contribution in [2.45, 2.75) is 26.8 Å². The summed E-state index contributed by atoms with van der Waals surface area (Å²) < 4.78 is 5.20. The summed E-state index contributed by atoms with van der Waals surface area (Å²) in [4.78, 5) is 17.6. The SMILES string of the molecule is CCCNC(=O)N(C)Cc1nc(-c2cccc(C)c2)no1. The van der Waals surface area contributed by atoms with Gasteiger partial charge in [0.25, 0.3) is 0 Å². The Morgan fingerprint density at radius 1 is 1.43 bits per heavy atom. The Morgan fingerprint density at radius 3 is 2.95 bits per heavy atom. The Balaban J connectivity index is 2.01. The van der Waals surface area contributed by atoms with Crippen LogP contribution < -0.4 is 5.32 Å². The van der Waals surface area contributed by atoms with E-state index < -0.39 is 0 Å². The second-order valence-electron chi connectivity index (χ2n) is 4.97. The first-order valence-corrected chi connectivity index (χ1v) is 6.98. The highest BCUT2D eigenvalue weighted by Crippen LogP contribution is 2.17. The number of urea groups is 1. The van der Waals surface area contributed by atoms with Gasteiger partial charge in [0.15, 0.2) is 0 Å². The topological polar surface area (TPSA) is 71.3 Å². The van der Waals surface area contributed by atoms with Crippen LogP contribution in [-0.4, -0.2) is 34.7 Å². The van der Waals surface area contributed by atoms with Gasteiger partial charge in [-0.25, -0.2) is 4.79 Å². The molecule has 0 aliphatic rings. The van der Waals surface area contributed by atoms with Crippen molar-refractivity contribution in [3.8, 4) is 11.4 Å². The molecule has 1 aromatic carbocycles. The van der Waals surface area contributed by atoms with Gasteiger partial charge in [-0.15, -0.1) is 0 Å². The van der Waals surface area contributed by atoms with Crippen molar-refractivity contribution in [3.05, 3.63) is 35.7 Å². The van der Waals surface area contributed by atoms with Crippen LogP contribution in [0.15, 0.2) is 28.8 Å². The van der Waals surface area contributed by atoms with E-state index in [9.17, 15) is 4.79 Å². The number of carbonyl (C=O) groups excluding carboxylic acids is 1. The second kappa shape index (κ2) is 6.88. The van der Waals surface area contributed by atoms with E-state index in [-0.39, 0.29) is 12.6 Å². The highest BCUT2D eigenvalue weighted by molar-refractivity contribution is 5.73. The monoisotopic (exact) mass is 288 g/mol. The van der Waals surface area contributed by atoms with Gasteiger partial charge < -0.3 is 14.7 Å². The summed E-state index contributed by atoms with van der Waals surface area (Å²) in [5, 5.41) is 6.75. The van der Waals surface area contributed by atoms with Crippen LogP contribution in [0.1, 0.15) is 24.8 Å². The number of aryl methyl sites for hydroxylation is 1. The van der Waals surface area contributed by atoms with E-state index in [0.29, 0.717) is 18.3 Å². The van der Waals surface area contributed by atoms with Gasteiger partial charge in [-0.1, -0.05) is 35.8 Å². The highest BCUT2D eigenvalue weighted by Gasteiger charge is 2.14. The number of hydrogen-bond donors (Lipinski definition) is 1. The minimum absolute atomic E-state index is 0.146. The van der Waals surface area contributed by atoms with Crippen molar-refractivity contribution in [1.29, 1.82) is 0 Å². The molecule has 2 rings (SSSR count). The molecule has 6 nitrogen and oxygen atoms in total. The maximum atomic E-state index is 11.8. The maximum absolute atomic E-state index is 11.8. The predicted molar refractivity (Wildman–Crippen MR) is 79.6 cm³/mol. The molecule has 0 aliphatic carbocycles. The molecule has 2 aromatic rings. The highest BCUT2D eigenvalue weighted by atomic mass is 16.5. The number of benzene rings is 1. The third-order valence-corrected chi connectivity index (χ3v) is 2.99. The minimum Gasteiger partial charge on any atom is -0.338 e. The molecule has 0 radical (unpaired) electrons. The van der Waals surface area contributed by atoms with Crippen molar-refractivity contribution in [3.63, 3.8) is 0 Å². The second-order valence-corrected chi connectivity index (χ2v) is 4.97. The number of nitrogens with zero attached hydrogens (tertiary/aromatic N) is 3. The Labute approximate surface area is 124 Å². The first kappa shape index (κ1) is 15.0. The number of amides is 2. The minimum atomic E-state index is -0.146. The van der Waals surface area contributed by atoms with E-state index in [0.717, 1.165) is 17.5 Å². The lowest BCUT2D eigenvalue weighted by Crippen LogP contribution is -2.37. The van der Waals surface area contributed by atoms with Crippen molar-refractivity contribution >= 4 is 6.03 Å². The molecule has 1 N–H and O–H groups in total. The smallest absolute Gasteiger partial charge is 0.317 e. The number of hydrogen-bond acceptors (Lipinski definition) is 4. The molecule has 112 valence electrons. The van der Waals surface area contributed by atoms with Gasteiger partial charge >= 0.3 is 6.03 Å². The molecule has 0 unspecified atom stereocenters. The van der Waals surface area contributed by atoms with Gasteiger partial charge in [0.05, 0.1) is 0 Å². The molecular weight excluding hydrogens is 268 g/mol. The fourth-order valence-electron chi connectivity index (χ4n) is 1.86. The average Bonchev–Trinajstić information content (AvgIpc) is 2.93. The molecule has 6 heteroatoms. The molecule has 0 saturated heterocycles. The molecule has 1 heterocycles. The summed E-state index contributed by atoms with van der Waals surface area (Å²) in [5.41, 5.74) is 2.04. The number of nitrogens with one attached hydrogen (secondary N) is 1. The first-order chi connectivity index (χ1) is 10.1. The normalized spacial score (nSPS) is 10.4. The molecule has 0 spiro atoms. The van der Waals surface area contributed by atoms with Crippen molar-refractivity contribution in [2.24, 2.45) is 0 Å². The molecule has 1 aromatic heterocycles. The van der Waals surface area contributed by atoms with E-state index in [2.05, 4.69) is 15.5 Å². The average molecular weight is 288 g/mol.